The number of esters is 1. The third-order valence-corrected chi connectivity index (χ3v) is 9.59. The van der Waals surface area contributed by atoms with E-state index >= 15 is 0 Å². The molecule has 0 amide bonds. The average molecular weight is 401 g/mol. The zero-order chi connectivity index (χ0) is 21.4. The van der Waals surface area contributed by atoms with Gasteiger partial charge in [0.1, 0.15) is 0 Å². The van der Waals surface area contributed by atoms with Crippen LogP contribution in [0.4, 0.5) is 0 Å². The van der Waals surface area contributed by atoms with E-state index in [9.17, 15) is 14.4 Å². The number of carbonyl (C=O) groups is 3. The van der Waals surface area contributed by atoms with E-state index in [1.54, 1.807) is 6.92 Å². The third kappa shape index (κ3) is 2.66. The highest BCUT2D eigenvalue weighted by Gasteiger charge is 2.68. The van der Waals surface area contributed by atoms with Crippen LogP contribution in [0.15, 0.2) is 11.6 Å². The Kier molecular flexibility index (Phi) is 4.68. The number of hydrogen-bond donors (Lipinski definition) is 0. The van der Waals surface area contributed by atoms with Crippen molar-refractivity contribution in [3.63, 3.8) is 0 Å². The van der Waals surface area contributed by atoms with Crippen LogP contribution in [0, 0.1) is 40.4 Å². The van der Waals surface area contributed by atoms with E-state index in [4.69, 9.17) is 4.74 Å². The predicted molar refractivity (Wildman–Crippen MR) is 111 cm³/mol. The highest BCUT2D eigenvalue weighted by molar-refractivity contribution is 5.93. The molecule has 0 bridgehead atoms. The van der Waals surface area contributed by atoms with Gasteiger partial charge in [-0.15, -0.1) is 0 Å². The Morgan fingerprint density at radius 1 is 1.03 bits per heavy atom. The van der Waals surface area contributed by atoms with Crippen LogP contribution in [0.5, 0.6) is 0 Å². The number of ether oxygens (including phenoxy) is 1. The minimum absolute atomic E-state index is 0.00342. The molecule has 3 fully saturated rings. The molecule has 29 heavy (non-hydrogen) atoms. The topological polar surface area (TPSA) is 60.4 Å². The lowest BCUT2D eigenvalue weighted by Crippen LogP contribution is -2.59. The van der Waals surface area contributed by atoms with Crippen molar-refractivity contribution in [1.82, 2.24) is 0 Å². The summed E-state index contributed by atoms with van der Waals surface area (Å²) < 4.78 is 5.86. The second-order valence-corrected chi connectivity index (χ2v) is 11.0. The van der Waals surface area contributed by atoms with E-state index in [-0.39, 0.29) is 34.3 Å². The van der Waals surface area contributed by atoms with Crippen LogP contribution in [0.3, 0.4) is 0 Å². The molecule has 0 aliphatic heterocycles. The third-order valence-electron chi connectivity index (χ3n) is 9.59. The Bertz CT molecular complexity index is 797. The molecule has 2 unspecified atom stereocenters. The summed E-state index contributed by atoms with van der Waals surface area (Å²) in [5.41, 5.74) is 0.171. The fourth-order valence-electron chi connectivity index (χ4n) is 8.39. The smallest absolute Gasteiger partial charge is 0.303 e. The molecule has 4 nitrogen and oxygen atoms in total. The Morgan fingerprint density at radius 3 is 2.31 bits per heavy atom. The summed E-state index contributed by atoms with van der Waals surface area (Å²) in [5.74, 6) is 1.86. The first-order valence-electron chi connectivity index (χ1n) is 11.4. The van der Waals surface area contributed by atoms with Crippen LogP contribution in [0.1, 0.15) is 80.1 Å². The molecule has 3 saturated carbocycles. The minimum atomic E-state index is -0.968. The predicted octanol–water partition coefficient (Wildman–Crippen LogP) is 4.90. The Morgan fingerprint density at radius 2 is 1.69 bits per heavy atom. The highest BCUT2D eigenvalue weighted by Crippen LogP contribution is 2.69. The van der Waals surface area contributed by atoms with Gasteiger partial charge >= 0.3 is 5.97 Å². The number of carbonyl (C=O) groups excluding carboxylic acids is 3. The fourth-order valence-corrected chi connectivity index (χ4v) is 8.39. The summed E-state index contributed by atoms with van der Waals surface area (Å²) in [6.07, 6.45) is 7.52. The van der Waals surface area contributed by atoms with Gasteiger partial charge in [0.15, 0.2) is 17.2 Å². The van der Waals surface area contributed by atoms with Crippen molar-refractivity contribution in [3.8, 4) is 0 Å². The lowest BCUT2D eigenvalue weighted by molar-refractivity contribution is -0.188. The van der Waals surface area contributed by atoms with E-state index in [1.807, 2.05) is 6.08 Å². The Labute approximate surface area is 174 Å². The van der Waals surface area contributed by atoms with Crippen LogP contribution in [-0.2, 0) is 19.1 Å². The molecule has 0 aromatic carbocycles. The van der Waals surface area contributed by atoms with Gasteiger partial charge < -0.3 is 4.74 Å². The molecule has 4 aliphatic carbocycles. The van der Waals surface area contributed by atoms with Gasteiger partial charge in [-0.05, 0) is 80.6 Å². The van der Waals surface area contributed by atoms with Crippen LogP contribution in [0.25, 0.3) is 0 Å². The number of hydrogen-bond acceptors (Lipinski definition) is 4. The first kappa shape index (κ1) is 20.8. The number of allylic oxidation sites excluding steroid dienone is 1. The fraction of sp³-hybridized carbons (Fsp3) is 0.800. The summed E-state index contributed by atoms with van der Waals surface area (Å²) in [6.45, 7) is 12.0. The molecular weight excluding hydrogens is 364 g/mol. The average Bonchev–Trinajstić information content (AvgIpc) is 2.91. The molecule has 0 spiro atoms. The zero-order valence-corrected chi connectivity index (χ0v) is 18.8. The molecular formula is C25H36O4. The summed E-state index contributed by atoms with van der Waals surface area (Å²) >= 11 is 0. The van der Waals surface area contributed by atoms with E-state index in [1.165, 1.54) is 12.5 Å². The molecule has 0 aromatic heterocycles. The molecule has 0 aromatic rings. The molecule has 4 rings (SSSR count). The second-order valence-electron chi connectivity index (χ2n) is 11.0. The van der Waals surface area contributed by atoms with Crippen molar-refractivity contribution < 1.29 is 19.1 Å². The van der Waals surface area contributed by atoms with Gasteiger partial charge in [0.05, 0.1) is 0 Å². The van der Waals surface area contributed by atoms with Gasteiger partial charge in [-0.2, -0.15) is 0 Å². The Hall–Kier alpha value is -1.45. The van der Waals surface area contributed by atoms with Gasteiger partial charge in [0, 0.05) is 18.3 Å². The van der Waals surface area contributed by atoms with Gasteiger partial charge in [0.2, 0.25) is 0 Å². The van der Waals surface area contributed by atoms with Crippen molar-refractivity contribution in [3.05, 3.63) is 11.6 Å². The normalized spacial score (nSPS) is 48.8. The molecule has 4 heteroatoms. The summed E-state index contributed by atoms with van der Waals surface area (Å²) in [5, 5.41) is 0. The van der Waals surface area contributed by atoms with Crippen molar-refractivity contribution in [2.75, 3.05) is 0 Å². The van der Waals surface area contributed by atoms with E-state index in [0.717, 1.165) is 32.1 Å². The molecule has 0 heterocycles. The summed E-state index contributed by atoms with van der Waals surface area (Å²) in [4.78, 5) is 37.2. The van der Waals surface area contributed by atoms with Crippen LogP contribution >= 0.6 is 0 Å². The molecule has 160 valence electrons. The van der Waals surface area contributed by atoms with Crippen molar-refractivity contribution in [1.29, 1.82) is 0 Å². The van der Waals surface area contributed by atoms with E-state index in [2.05, 4.69) is 27.7 Å². The largest absolute Gasteiger partial charge is 0.451 e. The van der Waals surface area contributed by atoms with E-state index in [0.29, 0.717) is 30.1 Å². The van der Waals surface area contributed by atoms with Crippen molar-refractivity contribution in [2.24, 2.45) is 40.4 Å². The maximum atomic E-state index is 12.8. The van der Waals surface area contributed by atoms with Gasteiger partial charge in [0.25, 0.3) is 0 Å². The monoisotopic (exact) mass is 400 g/mol. The first-order chi connectivity index (χ1) is 13.5. The minimum Gasteiger partial charge on any atom is -0.451 e. The van der Waals surface area contributed by atoms with Gasteiger partial charge in [-0.25, -0.2) is 0 Å². The molecule has 0 N–H and O–H groups in total. The summed E-state index contributed by atoms with van der Waals surface area (Å²) in [6, 6.07) is 0. The number of Topliss-reactive ketones (excluding diaryl/α,β-unsaturated/α-hetero) is 1. The maximum absolute atomic E-state index is 12.8. The lowest BCUT2D eigenvalue weighted by Gasteiger charge is -2.60. The van der Waals surface area contributed by atoms with Crippen molar-refractivity contribution in [2.45, 2.75) is 85.7 Å². The quantitative estimate of drug-likeness (QED) is 0.619. The van der Waals surface area contributed by atoms with Gasteiger partial charge in [-0.1, -0.05) is 33.3 Å². The zero-order valence-electron chi connectivity index (χ0n) is 18.8. The first-order valence-corrected chi connectivity index (χ1v) is 11.4. The van der Waals surface area contributed by atoms with Gasteiger partial charge in [-0.3, -0.25) is 14.4 Å². The molecule has 0 radical (unpaired) electrons. The maximum Gasteiger partial charge on any atom is 0.303 e. The summed E-state index contributed by atoms with van der Waals surface area (Å²) in [7, 11) is 0. The van der Waals surface area contributed by atoms with E-state index < -0.39 is 5.60 Å². The second kappa shape index (κ2) is 6.52. The SMILES string of the molecule is CC(=O)O[C@]1(C(C)=O)CC[C@H]2[C@@H]3CC(C)C4=CC(=O)C(C)C[C@]4(C)[C@H]3CC[C@@]21C. The van der Waals surface area contributed by atoms with Crippen molar-refractivity contribution >= 4 is 17.5 Å². The van der Waals surface area contributed by atoms with Crippen LogP contribution in [-0.4, -0.2) is 23.1 Å². The lowest BCUT2D eigenvalue weighted by atomic mass is 9.44. The molecule has 0 saturated heterocycles. The standard InChI is InChI=1S/C25H36O4/c1-14-11-18-19(23(5)13-15(2)22(28)12-21(14)23)7-9-24(6)20(18)8-10-25(24,16(3)26)29-17(4)27/h12,14-15,18-20H,7-11,13H2,1-6H3/t14?,15?,18-,19+,20+,23-,24+,25+/m1/s1. The number of fused-ring (bicyclic) bond motifs is 5. The molecule has 4 aliphatic rings. The highest BCUT2D eigenvalue weighted by atomic mass is 16.6. The number of rotatable bonds is 2. The van der Waals surface area contributed by atoms with Crippen LogP contribution in [0.2, 0.25) is 0 Å². The Balaban J connectivity index is 1.74. The van der Waals surface area contributed by atoms with Crippen LogP contribution < -0.4 is 0 Å². The molecule has 8 atom stereocenters. The number of ketones is 2.